The maximum absolute atomic E-state index is 13.3. The van der Waals surface area contributed by atoms with E-state index in [-0.39, 0.29) is 12.1 Å². The van der Waals surface area contributed by atoms with Crippen molar-refractivity contribution in [3.05, 3.63) is 81.8 Å². The highest BCUT2D eigenvalue weighted by molar-refractivity contribution is 7.87. The first-order chi connectivity index (χ1) is 16.7. The lowest BCUT2D eigenvalue weighted by Crippen LogP contribution is -2.40. The molecule has 2 aromatic carbocycles. The zero-order valence-corrected chi connectivity index (χ0v) is 20.9. The zero-order chi connectivity index (χ0) is 25.4. The molecule has 3 aromatic rings. The van der Waals surface area contributed by atoms with Gasteiger partial charge in [0.05, 0.1) is 29.5 Å². The Kier molecular flexibility index (Phi) is 8.96. The van der Waals surface area contributed by atoms with Crippen LogP contribution in [-0.2, 0) is 43.9 Å². The van der Waals surface area contributed by atoms with Crippen LogP contribution in [0.2, 0.25) is 0 Å². The van der Waals surface area contributed by atoms with Gasteiger partial charge in [-0.2, -0.15) is 8.42 Å². The number of ether oxygens (including phenoxy) is 1. The summed E-state index contributed by atoms with van der Waals surface area (Å²) in [4.78, 5) is 30.3. The number of rotatable bonds is 11. The molecule has 1 amide bonds. The molecule has 35 heavy (non-hydrogen) atoms. The summed E-state index contributed by atoms with van der Waals surface area (Å²) in [7, 11) is -3.13. The fourth-order valence-electron chi connectivity index (χ4n) is 3.52. The molecule has 0 radical (unpaired) electrons. The third-order valence-electron chi connectivity index (χ3n) is 5.27. The molecule has 0 aliphatic carbocycles. The molecule has 0 aliphatic heterocycles. The average molecular weight is 518 g/mol. The molecule has 1 aromatic heterocycles. The van der Waals surface area contributed by atoms with Gasteiger partial charge in [-0.3, -0.25) is 18.9 Å². The zero-order valence-electron chi connectivity index (χ0n) is 19.3. The van der Waals surface area contributed by atoms with Crippen molar-refractivity contribution < 1.29 is 27.3 Å². The Labute approximate surface area is 208 Å². The molecular formula is C24H27N3O6S2. The molecule has 9 nitrogen and oxygen atoms in total. The summed E-state index contributed by atoms with van der Waals surface area (Å²) in [6.45, 7) is 1.99. The lowest BCUT2D eigenvalue weighted by Gasteiger charge is -2.21. The Morgan fingerprint density at radius 1 is 1.06 bits per heavy atom. The molecule has 0 saturated carbocycles. The number of nitrogens with zero attached hydrogens (tertiary/aromatic N) is 1. The normalized spacial score (nSPS) is 13.0. The summed E-state index contributed by atoms with van der Waals surface area (Å²) >= 11 is 1.49. The molecule has 186 valence electrons. The number of nitrogens with one attached hydrogen (secondary N) is 2. The summed E-state index contributed by atoms with van der Waals surface area (Å²) in [5.41, 5.74) is 2.49. The third kappa shape index (κ3) is 7.88. The molecule has 0 fully saturated rings. The van der Waals surface area contributed by atoms with Crippen molar-refractivity contribution in [3.8, 4) is 0 Å². The van der Waals surface area contributed by atoms with Gasteiger partial charge in [0.2, 0.25) is 5.91 Å². The molecule has 0 bridgehead atoms. The van der Waals surface area contributed by atoms with Crippen molar-refractivity contribution in [2.75, 3.05) is 11.8 Å². The standard InChI is InChI=1S/C24H27N3O6S2/c1-3-22-25-21(15-34-22)20(14-17-9-11-18(12-10-17)27-35(30,31)32)26-23(28)19(24(29)33-2)13-16-7-5-4-6-8-16/h4-12,15,19-20,27H,3,13-14H2,1-2H3,(H,26,28)(H,30,31,32). The lowest BCUT2D eigenvalue weighted by molar-refractivity contribution is -0.150. The number of hydrogen-bond donors (Lipinski definition) is 3. The number of carbonyl (C=O) groups excluding carboxylic acids is 2. The first-order valence-electron chi connectivity index (χ1n) is 10.9. The number of aryl methyl sites for hydroxylation is 1. The second kappa shape index (κ2) is 11.9. The molecule has 2 unspecified atom stereocenters. The second-order valence-corrected chi connectivity index (χ2v) is 9.92. The number of aromatic nitrogens is 1. The van der Waals surface area contributed by atoms with Crippen molar-refractivity contribution >= 4 is 39.2 Å². The highest BCUT2D eigenvalue weighted by atomic mass is 32.2. The SMILES string of the molecule is CCc1nc(C(Cc2ccc(NS(=O)(=O)O)cc2)NC(=O)C(Cc2ccccc2)C(=O)OC)cs1. The Balaban J connectivity index is 1.83. The molecule has 3 rings (SSSR count). The first-order valence-corrected chi connectivity index (χ1v) is 13.2. The molecule has 2 atom stereocenters. The van der Waals surface area contributed by atoms with Gasteiger partial charge in [0.15, 0.2) is 0 Å². The van der Waals surface area contributed by atoms with E-state index < -0.39 is 34.1 Å². The van der Waals surface area contributed by atoms with E-state index in [2.05, 4.69) is 10.3 Å². The van der Waals surface area contributed by atoms with Crippen LogP contribution in [0.15, 0.2) is 60.0 Å². The summed E-state index contributed by atoms with van der Waals surface area (Å²) in [5.74, 6) is -2.13. The highest BCUT2D eigenvalue weighted by Gasteiger charge is 2.30. The van der Waals surface area contributed by atoms with Crippen LogP contribution in [0.5, 0.6) is 0 Å². The summed E-state index contributed by atoms with van der Waals surface area (Å²) in [5, 5.41) is 5.76. The van der Waals surface area contributed by atoms with Gasteiger partial charge < -0.3 is 10.1 Å². The fraction of sp³-hybridized carbons (Fsp3) is 0.292. The first kappa shape index (κ1) is 26.3. The Bertz CT molecular complexity index is 1240. The van der Waals surface area contributed by atoms with Gasteiger partial charge in [0.25, 0.3) is 0 Å². The molecule has 1 heterocycles. The van der Waals surface area contributed by atoms with Gasteiger partial charge in [-0.25, -0.2) is 4.98 Å². The Hall–Kier alpha value is -3.28. The average Bonchev–Trinajstić information content (AvgIpc) is 3.32. The van der Waals surface area contributed by atoms with Crippen LogP contribution in [0.25, 0.3) is 0 Å². The number of amides is 1. The monoisotopic (exact) mass is 517 g/mol. The van der Waals surface area contributed by atoms with E-state index >= 15 is 0 Å². The van der Waals surface area contributed by atoms with E-state index in [9.17, 15) is 18.0 Å². The van der Waals surface area contributed by atoms with Gasteiger partial charge in [0, 0.05) is 5.38 Å². The Morgan fingerprint density at radius 2 is 1.71 bits per heavy atom. The molecule has 0 saturated heterocycles. The van der Waals surface area contributed by atoms with E-state index in [0.717, 1.165) is 22.6 Å². The molecule has 3 N–H and O–H groups in total. The van der Waals surface area contributed by atoms with Gasteiger partial charge in [-0.15, -0.1) is 11.3 Å². The number of benzene rings is 2. The predicted octanol–water partition coefficient (Wildman–Crippen LogP) is 3.35. The van der Waals surface area contributed by atoms with E-state index in [1.165, 1.54) is 30.6 Å². The number of thiazole rings is 1. The van der Waals surface area contributed by atoms with Crippen LogP contribution in [0.3, 0.4) is 0 Å². The van der Waals surface area contributed by atoms with E-state index in [1.54, 1.807) is 12.1 Å². The van der Waals surface area contributed by atoms with Crippen LogP contribution in [0, 0.1) is 5.92 Å². The smallest absolute Gasteiger partial charge is 0.357 e. The molecule has 11 heteroatoms. The topological polar surface area (TPSA) is 135 Å². The minimum absolute atomic E-state index is 0.194. The van der Waals surface area contributed by atoms with Crippen molar-refractivity contribution in [1.82, 2.24) is 10.3 Å². The second-order valence-electron chi connectivity index (χ2n) is 7.82. The number of carbonyl (C=O) groups is 2. The minimum atomic E-state index is -4.38. The fourth-order valence-corrected chi connectivity index (χ4v) is 4.75. The quantitative estimate of drug-likeness (QED) is 0.202. The molecular weight excluding hydrogens is 490 g/mol. The summed E-state index contributed by atoms with van der Waals surface area (Å²) < 4.78 is 37.9. The predicted molar refractivity (Wildman–Crippen MR) is 133 cm³/mol. The number of hydrogen-bond acceptors (Lipinski definition) is 7. The number of anilines is 1. The van der Waals surface area contributed by atoms with Crippen LogP contribution in [0.4, 0.5) is 5.69 Å². The number of methoxy groups -OCH3 is 1. The maximum atomic E-state index is 13.3. The van der Waals surface area contributed by atoms with Crippen molar-refractivity contribution in [2.24, 2.45) is 5.92 Å². The summed E-state index contributed by atoms with van der Waals surface area (Å²) in [6, 6.07) is 15.1. The molecule has 0 aliphatic rings. The van der Waals surface area contributed by atoms with Crippen LogP contribution in [0.1, 0.15) is 34.8 Å². The van der Waals surface area contributed by atoms with E-state index in [0.29, 0.717) is 12.1 Å². The highest BCUT2D eigenvalue weighted by Crippen LogP contribution is 2.24. The van der Waals surface area contributed by atoms with E-state index in [4.69, 9.17) is 9.29 Å². The number of esters is 1. The van der Waals surface area contributed by atoms with Crippen LogP contribution < -0.4 is 10.0 Å². The van der Waals surface area contributed by atoms with Crippen molar-refractivity contribution in [1.29, 1.82) is 0 Å². The van der Waals surface area contributed by atoms with Gasteiger partial charge in [-0.05, 0) is 42.5 Å². The van der Waals surface area contributed by atoms with Gasteiger partial charge in [-0.1, -0.05) is 49.4 Å². The lowest BCUT2D eigenvalue weighted by atomic mass is 9.97. The van der Waals surface area contributed by atoms with Crippen molar-refractivity contribution in [2.45, 2.75) is 32.2 Å². The van der Waals surface area contributed by atoms with Gasteiger partial charge in [0.1, 0.15) is 5.92 Å². The van der Waals surface area contributed by atoms with Crippen LogP contribution in [-0.4, -0.2) is 36.9 Å². The Morgan fingerprint density at radius 3 is 2.29 bits per heavy atom. The van der Waals surface area contributed by atoms with E-state index in [1.807, 2.05) is 47.4 Å². The van der Waals surface area contributed by atoms with Gasteiger partial charge >= 0.3 is 16.3 Å². The minimum Gasteiger partial charge on any atom is -0.468 e. The van der Waals surface area contributed by atoms with Crippen LogP contribution >= 0.6 is 11.3 Å². The van der Waals surface area contributed by atoms with Crippen molar-refractivity contribution in [3.63, 3.8) is 0 Å². The summed E-state index contributed by atoms with van der Waals surface area (Å²) in [6.07, 6.45) is 1.30. The largest absolute Gasteiger partial charge is 0.468 e. The maximum Gasteiger partial charge on any atom is 0.357 e. The third-order valence-corrected chi connectivity index (χ3v) is 6.78. The molecule has 0 spiro atoms.